The number of carbonyl (C=O) groups excluding carboxylic acids is 3. The van der Waals surface area contributed by atoms with Gasteiger partial charge in [-0.3, -0.25) is 24.9 Å². The van der Waals surface area contributed by atoms with E-state index in [4.69, 9.17) is 21.4 Å². The molecule has 2 aliphatic heterocycles. The zero-order valence-corrected chi connectivity index (χ0v) is 21.6. The first kappa shape index (κ1) is 26.0. The third-order valence-electron chi connectivity index (χ3n) is 6.92. The Morgan fingerprint density at radius 1 is 1.23 bits per heavy atom. The van der Waals surface area contributed by atoms with Crippen molar-refractivity contribution in [3.63, 3.8) is 0 Å². The van der Waals surface area contributed by atoms with Crippen LogP contribution in [0.3, 0.4) is 0 Å². The van der Waals surface area contributed by atoms with Crippen LogP contribution in [0.4, 0.5) is 21.0 Å². The summed E-state index contributed by atoms with van der Waals surface area (Å²) in [6, 6.07) is 11.8. The lowest BCUT2D eigenvalue weighted by Crippen LogP contribution is -2.50. The number of aromatic nitrogens is 2. The van der Waals surface area contributed by atoms with Crippen LogP contribution in [0.5, 0.6) is 0 Å². The minimum Gasteiger partial charge on any atom is -0.465 e. The van der Waals surface area contributed by atoms with Crippen molar-refractivity contribution in [1.82, 2.24) is 20.4 Å². The number of fused-ring (bicyclic) bond motifs is 2. The van der Waals surface area contributed by atoms with Gasteiger partial charge in [-0.2, -0.15) is 5.10 Å². The Labute approximate surface area is 227 Å². The Balaban J connectivity index is 1.36. The van der Waals surface area contributed by atoms with Gasteiger partial charge in [0.2, 0.25) is 5.91 Å². The van der Waals surface area contributed by atoms with Crippen LogP contribution >= 0.6 is 11.6 Å². The topological polar surface area (TPSA) is 157 Å². The van der Waals surface area contributed by atoms with E-state index in [1.54, 1.807) is 35.4 Å². The number of hydrogen-bond donors (Lipinski definition) is 4. The second-order valence-electron chi connectivity index (χ2n) is 9.39. The van der Waals surface area contributed by atoms with Gasteiger partial charge in [-0.05, 0) is 48.5 Å². The van der Waals surface area contributed by atoms with E-state index >= 15 is 0 Å². The number of nitrogens with zero attached hydrogens (tertiary/aromatic N) is 3. The molecule has 0 bridgehead atoms. The van der Waals surface area contributed by atoms with E-state index < -0.39 is 29.7 Å². The maximum absolute atomic E-state index is 13.8. The van der Waals surface area contributed by atoms with Crippen molar-refractivity contribution in [2.24, 2.45) is 0 Å². The highest BCUT2D eigenvalue weighted by Gasteiger charge is 2.49. The quantitative estimate of drug-likeness (QED) is 0.365. The van der Waals surface area contributed by atoms with Gasteiger partial charge in [-0.1, -0.05) is 11.6 Å². The number of halogens is 1. The highest BCUT2D eigenvalue weighted by Crippen LogP contribution is 2.43. The summed E-state index contributed by atoms with van der Waals surface area (Å²) in [4.78, 5) is 53.0. The third kappa shape index (κ3) is 5.23. The van der Waals surface area contributed by atoms with Gasteiger partial charge in [-0.15, -0.1) is 0 Å². The van der Waals surface area contributed by atoms with Crippen molar-refractivity contribution in [2.75, 3.05) is 30.4 Å². The lowest BCUT2D eigenvalue weighted by atomic mass is 9.90. The minimum absolute atomic E-state index is 0.0930. The van der Waals surface area contributed by atoms with E-state index in [1.807, 2.05) is 0 Å². The van der Waals surface area contributed by atoms with Crippen LogP contribution in [0, 0.1) is 0 Å². The molecule has 2 aromatic carbocycles. The van der Waals surface area contributed by atoms with Gasteiger partial charge in [0.1, 0.15) is 6.04 Å². The molecule has 1 fully saturated rings. The van der Waals surface area contributed by atoms with Crippen LogP contribution < -0.4 is 15.5 Å². The maximum atomic E-state index is 13.8. The molecular formula is C26H25ClN6O6. The average molecular weight is 553 g/mol. The fourth-order valence-electron chi connectivity index (χ4n) is 4.87. The molecule has 2 atom stereocenters. The third-order valence-corrected chi connectivity index (χ3v) is 7.15. The van der Waals surface area contributed by atoms with Crippen LogP contribution in [0.25, 0.3) is 0 Å². The van der Waals surface area contributed by atoms with Crippen LogP contribution in [-0.2, 0) is 21.6 Å². The van der Waals surface area contributed by atoms with E-state index in [0.717, 1.165) is 4.90 Å². The van der Waals surface area contributed by atoms with Crippen LogP contribution in [0.1, 0.15) is 28.0 Å². The van der Waals surface area contributed by atoms with E-state index in [0.29, 0.717) is 40.6 Å². The standard InChI is InChI=1S/C26H25ClN6O6/c1-32(25(37)38)18-5-2-15(3-6-18)22(34)29-21(13-17-8-10-28-31-17)23(35)33-11-9-26(14-33)19-12-16(27)4-7-20(19)30-24(36)39-26/h2-8,10,12,21H,9,11,13-14H2,1H3,(H,28,31)(H,29,34)(H,30,36)(H,37,38). The summed E-state index contributed by atoms with van der Waals surface area (Å²) in [5, 5.41) is 21.9. The van der Waals surface area contributed by atoms with E-state index in [9.17, 15) is 19.2 Å². The minimum atomic E-state index is -1.13. The van der Waals surface area contributed by atoms with Gasteiger partial charge in [0, 0.05) is 54.5 Å². The van der Waals surface area contributed by atoms with Crippen LogP contribution in [0.2, 0.25) is 5.02 Å². The molecule has 2 unspecified atom stereocenters. The zero-order chi connectivity index (χ0) is 27.7. The molecular weight excluding hydrogens is 528 g/mol. The monoisotopic (exact) mass is 552 g/mol. The number of aromatic amines is 1. The van der Waals surface area contributed by atoms with E-state index in [2.05, 4.69) is 20.8 Å². The molecule has 3 aromatic rings. The highest BCUT2D eigenvalue weighted by molar-refractivity contribution is 6.30. The summed E-state index contributed by atoms with van der Waals surface area (Å²) < 4.78 is 5.73. The average Bonchev–Trinajstić information content (AvgIpc) is 3.58. The predicted octanol–water partition coefficient (Wildman–Crippen LogP) is 3.21. The molecule has 202 valence electrons. The number of carbonyl (C=O) groups is 4. The molecule has 4 N–H and O–H groups in total. The summed E-state index contributed by atoms with van der Waals surface area (Å²) in [6.45, 7) is 0.386. The second kappa shape index (κ2) is 10.3. The van der Waals surface area contributed by atoms with Crippen molar-refractivity contribution in [3.05, 3.63) is 76.6 Å². The van der Waals surface area contributed by atoms with E-state index in [1.165, 1.54) is 31.3 Å². The molecule has 4 amide bonds. The molecule has 1 spiro atoms. The number of carboxylic acid groups (broad SMARTS) is 1. The summed E-state index contributed by atoms with van der Waals surface area (Å²) in [5.41, 5.74) is 1.41. The normalized spacial score (nSPS) is 18.6. The Morgan fingerprint density at radius 3 is 2.69 bits per heavy atom. The summed E-state index contributed by atoms with van der Waals surface area (Å²) in [6.07, 6.45) is 0.362. The Hall–Kier alpha value is -4.58. The van der Waals surface area contributed by atoms with Gasteiger partial charge < -0.3 is 20.1 Å². The summed E-state index contributed by atoms with van der Waals surface area (Å²) in [7, 11) is 1.39. The van der Waals surface area contributed by atoms with Gasteiger partial charge in [-0.25, -0.2) is 9.59 Å². The molecule has 39 heavy (non-hydrogen) atoms. The highest BCUT2D eigenvalue weighted by atomic mass is 35.5. The van der Waals surface area contributed by atoms with E-state index in [-0.39, 0.29) is 24.4 Å². The first-order chi connectivity index (χ1) is 18.6. The number of nitrogens with one attached hydrogen (secondary N) is 3. The van der Waals surface area contributed by atoms with Crippen LogP contribution in [0.15, 0.2) is 54.7 Å². The molecule has 3 heterocycles. The molecule has 2 aliphatic rings. The maximum Gasteiger partial charge on any atom is 0.412 e. The number of likely N-dealkylation sites (tertiary alicyclic amines) is 1. The van der Waals surface area contributed by atoms with Crippen molar-refractivity contribution >= 4 is 47.0 Å². The smallest absolute Gasteiger partial charge is 0.412 e. The van der Waals surface area contributed by atoms with Gasteiger partial charge in [0.15, 0.2) is 5.60 Å². The molecule has 0 aliphatic carbocycles. The lowest BCUT2D eigenvalue weighted by molar-refractivity contribution is -0.133. The summed E-state index contributed by atoms with van der Waals surface area (Å²) in [5.74, 6) is -0.864. The number of anilines is 2. The number of benzene rings is 2. The molecule has 0 radical (unpaired) electrons. The van der Waals surface area contributed by atoms with Crippen molar-refractivity contribution < 1.29 is 29.0 Å². The first-order valence-corrected chi connectivity index (χ1v) is 12.5. The number of ether oxygens (including phenoxy) is 1. The SMILES string of the molecule is CN(C(=O)O)c1ccc(C(=O)NC(Cc2cc[nH]n2)C(=O)N2CCC3(C2)OC(=O)Nc2ccc(Cl)cc23)cc1. The van der Waals surface area contributed by atoms with Gasteiger partial charge in [0.25, 0.3) is 5.91 Å². The van der Waals surface area contributed by atoms with Crippen LogP contribution in [-0.4, -0.2) is 70.4 Å². The second-order valence-corrected chi connectivity index (χ2v) is 9.83. The Kier molecular flexibility index (Phi) is 6.87. The number of hydrogen-bond acceptors (Lipinski definition) is 6. The van der Waals surface area contributed by atoms with Gasteiger partial charge >= 0.3 is 12.2 Å². The number of rotatable bonds is 6. The fraction of sp³-hybridized carbons (Fsp3) is 0.269. The predicted molar refractivity (Wildman–Crippen MR) is 141 cm³/mol. The Morgan fingerprint density at radius 2 is 2.00 bits per heavy atom. The lowest BCUT2D eigenvalue weighted by Gasteiger charge is -2.35. The Bertz CT molecular complexity index is 1430. The molecule has 5 rings (SSSR count). The molecule has 13 heteroatoms. The molecule has 0 saturated carbocycles. The van der Waals surface area contributed by atoms with Gasteiger partial charge in [0.05, 0.1) is 17.9 Å². The van der Waals surface area contributed by atoms with Crippen molar-refractivity contribution in [1.29, 1.82) is 0 Å². The summed E-state index contributed by atoms with van der Waals surface area (Å²) >= 11 is 6.22. The van der Waals surface area contributed by atoms with Crippen molar-refractivity contribution in [3.8, 4) is 0 Å². The molecule has 1 aromatic heterocycles. The number of H-pyrrole nitrogens is 1. The fourth-order valence-corrected chi connectivity index (χ4v) is 5.04. The largest absolute Gasteiger partial charge is 0.465 e. The number of amides is 4. The molecule has 1 saturated heterocycles. The first-order valence-electron chi connectivity index (χ1n) is 12.1. The molecule has 12 nitrogen and oxygen atoms in total. The van der Waals surface area contributed by atoms with Crippen molar-refractivity contribution in [2.45, 2.75) is 24.5 Å². The zero-order valence-electron chi connectivity index (χ0n) is 20.8.